The number of ketones is 1. The van der Waals surface area contributed by atoms with Gasteiger partial charge in [0.2, 0.25) is 5.91 Å². The van der Waals surface area contributed by atoms with Gasteiger partial charge in [-0.1, -0.05) is 82.6 Å². The molecule has 3 N–H and O–H groups in total. The molecule has 9 heteroatoms. The summed E-state index contributed by atoms with van der Waals surface area (Å²) in [5, 5.41) is 18.2. The van der Waals surface area contributed by atoms with Crippen molar-refractivity contribution in [2.45, 2.75) is 59.4 Å². The Bertz CT molecular complexity index is 951. The molecule has 0 aliphatic carbocycles. The lowest BCUT2D eigenvalue weighted by Crippen LogP contribution is -2.43. The first-order valence-corrected chi connectivity index (χ1v) is 12.2. The van der Waals surface area contributed by atoms with Crippen molar-refractivity contribution < 1.29 is 38.9 Å². The molecule has 1 rings (SSSR count). The fourth-order valence-corrected chi connectivity index (χ4v) is 2.02. The van der Waals surface area contributed by atoms with Crippen LogP contribution in [0.3, 0.4) is 0 Å². The number of carbonyl (C=O) groups excluding carboxylic acids is 3. The van der Waals surface area contributed by atoms with Crippen LogP contribution in [0.5, 0.6) is 0 Å². The lowest BCUT2D eigenvalue weighted by Gasteiger charge is -2.23. The third-order valence-electron chi connectivity index (χ3n) is 3.82. The Morgan fingerprint density at radius 2 is 1.40 bits per heavy atom. The molecule has 0 saturated heterocycles. The van der Waals surface area contributed by atoms with Gasteiger partial charge in [-0.3, -0.25) is 9.59 Å². The Morgan fingerprint density at radius 3 is 1.68 bits per heavy atom. The van der Waals surface area contributed by atoms with Gasteiger partial charge in [0.05, 0.1) is 6.61 Å². The van der Waals surface area contributed by atoms with E-state index in [1.807, 2.05) is 43.3 Å². The lowest BCUT2D eigenvalue weighted by molar-refractivity contribution is -0.138. The molecule has 0 aliphatic heterocycles. The number of esters is 1. The first-order chi connectivity index (χ1) is 18.5. The summed E-state index contributed by atoms with van der Waals surface area (Å²) < 4.78 is 4.67. The van der Waals surface area contributed by atoms with E-state index in [1.54, 1.807) is 13.8 Å². The van der Waals surface area contributed by atoms with Gasteiger partial charge < -0.3 is 20.3 Å². The van der Waals surface area contributed by atoms with Crippen molar-refractivity contribution in [1.29, 1.82) is 0 Å². The van der Waals surface area contributed by atoms with Crippen LogP contribution in [0.15, 0.2) is 87.0 Å². The number of amides is 1. The Labute approximate surface area is 238 Å². The van der Waals surface area contributed by atoms with Crippen LogP contribution >= 0.6 is 0 Å². The summed E-state index contributed by atoms with van der Waals surface area (Å²) in [6, 6.07) is 10.0. The van der Waals surface area contributed by atoms with E-state index >= 15 is 0 Å². The van der Waals surface area contributed by atoms with Gasteiger partial charge >= 0.3 is 17.9 Å². The Morgan fingerprint density at radius 1 is 0.925 bits per heavy atom. The largest absolute Gasteiger partial charge is 0.478 e. The van der Waals surface area contributed by atoms with Gasteiger partial charge in [-0.15, -0.1) is 0 Å². The smallest absolute Gasteiger partial charge is 0.330 e. The number of aliphatic carboxylic acids is 2. The minimum Gasteiger partial charge on any atom is -0.478 e. The monoisotopic (exact) mass is 559 g/mol. The van der Waals surface area contributed by atoms with E-state index < -0.39 is 17.5 Å². The summed E-state index contributed by atoms with van der Waals surface area (Å²) in [4.78, 5) is 50.8. The van der Waals surface area contributed by atoms with Crippen LogP contribution in [0.2, 0.25) is 0 Å². The average Bonchev–Trinajstić information content (AvgIpc) is 2.89. The van der Waals surface area contributed by atoms with Crippen LogP contribution < -0.4 is 5.32 Å². The normalized spacial score (nSPS) is 8.72. The van der Waals surface area contributed by atoms with E-state index in [-0.39, 0.29) is 23.2 Å². The third kappa shape index (κ3) is 38.0. The van der Waals surface area contributed by atoms with E-state index in [0.717, 1.165) is 18.9 Å². The molecular formula is C31H45NO8. The molecule has 1 aromatic carbocycles. The van der Waals surface area contributed by atoms with Crippen molar-refractivity contribution in [2.24, 2.45) is 0 Å². The summed E-state index contributed by atoms with van der Waals surface area (Å²) >= 11 is 0. The number of hydrogen-bond acceptors (Lipinski definition) is 6. The molecule has 0 radical (unpaired) electrons. The van der Waals surface area contributed by atoms with Gasteiger partial charge in [0.1, 0.15) is 5.78 Å². The van der Waals surface area contributed by atoms with Crippen molar-refractivity contribution in [1.82, 2.24) is 5.32 Å². The molecule has 0 aliphatic rings. The SMILES string of the molecule is C=C(C)C(=O)O.C=CC(=O)NC(C)(C)CC(C)=O.C=CC(=O)O.C=CC(=O)OCCCC.C=Cc1ccccc1. The van der Waals surface area contributed by atoms with Crippen molar-refractivity contribution >= 4 is 35.7 Å². The maximum Gasteiger partial charge on any atom is 0.330 e. The number of ether oxygens (including phenoxy) is 1. The highest BCUT2D eigenvalue weighted by atomic mass is 16.5. The molecule has 40 heavy (non-hydrogen) atoms. The zero-order valence-corrected chi connectivity index (χ0v) is 24.4. The fourth-order valence-electron chi connectivity index (χ4n) is 2.02. The van der Waals surface area contributed by atoms with Gasteiger partial charge in [0.15, 0.2) is 0 Å². The quantitative estimate of drug-likeness (QED) is 0.175. The van der Waals surface area contributed by atoms with Crippen LogP contribution in [0, 0.1) is 0 Å². The fraction of sp³-hybridized carbons (Fsp3) is 0.323. The molecule has 9 nitrogen and oxygen atoms in total. The number of unbranched alkanes of at least 4 members (excludes halogenated alkanes) is 1. The van der Waals surface area contributed by atoms with Crippen molar-refractivity contribution in [3.8, 4) is 0 Å². The van der Waals surface area contributed by atoms with Crippen molar-refractivity contribution in [3.05, 3.63) is 92.6 Å². The van der Waals surface area contributed by atoms with Crippen LogP contribution in [-0.4, -0.2) is 52.0 Å². The number of hydrogen-bond donors (Lipinski definition) is 3. The third-order valence-corrected chi connectivity index (χ3v) is 3.82. The highest BCUT2D eigenvalue weighted by Crippen LogP contribution is 2.08. The minimum atomic E-state index is -0.981. The van der Waals surface area contributed by atoms with Crippen molar-refractivity contribution in [3.63, 3.8) is 0 Å². The predicted octanol–water partition coefficient (Wildman–Crippen LogP) is 5.80. The number of Topliss-reactive ketones (excluding diaryl/α,β-unsaturated/α-hetero) is 1. The molecule has 0 fully saturated rings. The first-order valence-electron chi connectivity index (χ1n) is 12.2. The van der Waals surface area contributed by atoms with Gasteiger partial charge in [-0.25, -0.2) is 14.4 Å². The highest BCUT2D eigenvalue weighted by Gasteiger charge is 2.20. The topological polar surface area (TPSA) is 147 Å². The Kier molecular flexibility index (Phi) is 29.3. The van der Waals surface area contributed by atoms with Gasteiger partial charge in [0, 0.05) is 29.7 Å². The predicted molar refractivity (Wildman–Crippen MR) is 161 cm³/mol. The number of carboxylic acids is 2. The summed E-state index contributed by atoms with van der Waals surface area (Å²) in [6.07, 6.45) is 7.36. The molecule has 0 aromatic heterocycles. The van der Waals surface area contributed by atoms with Crippen molar-refractivity contribution in [2.75, 3.05) is 6.61 Å². The van der Waals surface area contributed by atoms with E-state index in [0.29, 0.717) is 13.0 Å². The van der Waals surface area contributed by atoms with Crippen LogP contribution in [0.1, 0.15) is 59.4 Å². The number of carbonyl (C=O) groups is 5. The molecule has 0 saturated carbocycles. The van der Waals surface area contributed by atoms with E-state index in [2.05, 4.69) is 42.9 Å². The average molecular weight is 560 g/mol. The van der Waals surface area contributed by atoms with Crippen LogP contribution in [-0.2, 0) is 28.7 Å². The molecule has 0 unspecified atom stereocenters. The van der Waals surface area contributed by atoms with Gasteiger partial charge in [-0.2, -0.15) is 0 Å². The highest BCUT2D eigenvalue weighted by molar-refractivity contribution is 5.88. The van der Waals surface area contributed by atoms with Gasteiger partial charge in [0.25, 0.3) is 0 Å². The maximum atomic E-state index is 10.9. The number of benzene rings is 1. The number of carboxylic acid groups (broad SMARTS) is 2. The zero-order chi connectivity index (χ0) is 32.1. The Hall–Kier alpha value is -4.53. The molecule has 0 atom stereocenters. The summed E-state index contributed by atoms with van der Waals surface area (Å²) in [7, 11) is 0. The first kappa shape index (κ1) is 42.6. The van der Waals surface area contributed by atoms with Crippen LogP contribution in [0.4, 0.5) is 0 Å². The second-order valence-electron chi connectivity index (χ2n) is 8.42. The number of rotatable bonds is 11. The van der Waals surface area contributed by atoms with E-state index in [9.17, 15) is 24.0 Å². The molecule has 222 valence electrons. The zero-order valence-electron chi connectivity index (χ0n) is 24.4. The van der Waals surface area contributed by atoms with E-state index in [1.165, 1.54) is 31.6 Å². The summed E-state index contributed by atoms with van der Waals surface area (Å²) in [5.41, 5.74) is 0.874. The molecule has 0 spiro atoms. The molecule has 1 aromatic rings. The molecule has 0 heterocycles. The molecule has 0 bridgehead atoms. The van der Waals surface area contributed by atoms with E-state index in [4.69, 9.17) is 10.2 Å². The Balaban J connectivity index is -0.000000209. The standard InChI is InChI=1S/C9H15NO2.C8H8.C7H12O2.C4H6O2.C3H4O2/c1-5-8(12)10-9(3,4)6-7(2)11;1-2-8-6-4-3-5-7-8;1-3-5-6-9-7(8)4-2;1-3(2)4(5)6;1-2-3(4)5/h5H,1,6H2,2-4H3,(H,10,12);2-7H,1H2;4H,2-3,5-6H2,1H3;1H2,2H3,(H,5,6);2H,1H2,(H,4,5). The minimum absolute atomic E-state index is 0.0596. The second-order valence-corrected chi connectivity index (χ2v) is 8.42. The summed E-state index contributed by atoms with van der Waals surface area (Å²) in [6.45, 7) is 25.4. The maximum absolute atomic E-state index is 10.9. The summed E-state index contributed by atoms with van der Waals surface area (Å²) in [5.74, 6) is -2.44. The molecular weight excluding hydrogens is 514 g/mol. The second kappa shape index (κ2) is 27.5. The number of nitrogens with one attached hydrogen (secondary N) is 1. The lowest BCUT2D eigenvalue weighted by atomic mass is 9.98. The molecule has 1 amide bonds. The van der Waals surface area contributed by atoms with Gasteiger partial charge in [-0.05, 0) is 45.8 Å². The van der Waals surface area contributed by atoms with Crippen LogP contribution in [0.25, 0.3) is 6.08 Å².